The van der Waals surface area contributed by atoms with Gasteiger partial charge in [-0.25, -0.2) is 4.99 Å². The minimum Gasteiger partial charge on any atom is -0.394 e. The van der Waals surface area contributed by atoms with Crippen molar-refractivity contribution in [1.82, 2.24) is 15.1 Å². The van der Waals surface area contributed by atoms with E-state index in [0.29, 0.717) is 18.9 Å². The quantitative estimate of drug-likeness (QED) is 0.446. The summed E-state index contributed by atoms with van der Waals surface area (Å²) >= 11 is 0. The highest BCUT2D eigenvalue weighted by atomic mass is 16.6. The molecule has 3 saturated heterocycles. The van der Waals surface area contributed by atoms with Crippen molar-refractivity contribution in [3.63, 3.8) is 0 Å². The zero-order valence-electron chi connectivity index (χ0n) is 14.1. The first-order valence-electron chi connectivity index (χ1n) is 9.13. The summed E-state index contributed by atoms with van der Waals surface area (Å²) in [4.78, 5) is 21.0. The second-order valence-electron chi connectivity index (χ2n) is 7.20. The number of aliphatic hydroxyl groups is 3. The Bertz CT molecular complexity index is 553. The topological polar surface area (TPSA) is 118 Å². The molecule has 0 aliphatic carbocycles. The number of rotatable bonds is 2. The summed E-state index contributed by atoms with van der Waals surface area (Å²) in [5.41, 5.74) is 0. The van der Waals surface area contributed by atoms with E-state index in [2.05, 4.69) is 15.2 Å². The molecule has 0 saturated carbocycles. The van der Waals surface area contributed by atoms with Crippen LogP contribution in [0.3, 0.4) is 0 Å². The van der Waals surface area contributed by atoms with Gasteiger partial charge in [0.25, 0.3) is 0 Å². The van der Waals surface area contributed by atoms with Gasteiger partial charge in [0.15, 0.2) is 18.2 Å². The van der Waals surface area contributed by atoms with Crippen molar-refractivity contribution >= 4 is 11.9 Å². The molecular formula is C16H26N4O5. The lowest BCUT2D eigenvalue weighted by atomic mass is 9.99. The fraction of sp³-hybridized carbons (Fsp3) is 0.875. The highest BCUT2D eigenvalue weighted by Gasteiger charge is 2.53. The maximum atomic E-state index is 12.3. The lowest BCUT2D eigenvalue weighted by Crippen LogP contribution is -2.59. The Labute approximate surface area is 146 Å². The molecule has 4 heterocycles. The van der Waals surface area contributed by atoms with Crippen LogP contribution >= 0.6 is 0 Å². The van der Waals surface area contributed by atoms with Crippen molar-refractivity contribution in [2.75, 3.05) is 26.2 Å². The monoisotopic (exact) mass is 354 g/mol. The number of guanidine groups is 1. The first kappa shape index (κ1) is 17.0. The van der Waals surface area contributed by atoms with E-state index in [1.54, 1.807) is 0 Å². The van der Waals surface area contributed by atoms with Crippen LogP contribution in [0.15, 0.2) is 4.99 Å². The molecule has 0 unspecified atom stereocenters. The number of amides is 1. The number of carbonyl (C=O) groups is 1. The molecule has 4 rings (SSSR count). The van der Waals surface area contributed by atoms with Crippen molar-refractivity contribution in [2.45, 2.75) is 62.3 Å². The molecule has 0 aromatic rings. The van der Waals surface area contributed by atoms with Crippen molar-refractivity contribution in [3.05, 3.63) is 0 Å². The van der Waals surface area contributed by atoms with Crippen LogP contribution in [0.2, 0.25) is 0 Å². The summed E-state index contributed by atoms with van der Waals surface area (Å²) in [5.74, 6) is 0.557. The molecule has 0 radical (unpaired) electrons. The average molecular weight is 354 g/mol. The zero-order chi connectivity index (χ0) is 17.6. The smallest absolute Gasteiger partial charge is 0.247 e. The Balaban J connectivity index is 1.65. The zero-order valence-corrected chi connectivity index (χ0v) is 14.1. The summed E-state index contributed by atoms with van der Waals surface area (Å²) < 4.78 is 5.76. The summed E-state index contributed by atoms with van der Waals surface area (Å²) in [6.45, 7) is 1.89. The molecule has 1 amide bonds. The van der Waals surface area contributed by atoms with Gasteiger partial charge in [-0.3, -0.25) is 4.79 Å². The van der Waals surface area contributed by atoms with Gasteiger partial charge in [-0.1, -0.05) is 0 Å². The number of carbonyl (C=O) groups excluding carboxylic acids is 1. The molecule has 0 aromatic carbocycles. The van der Waals surface area contributed by atoms with Gasteiger partial charge in [-0.05, 0) is 25.7 Å². The number of piperidine rings is 2. The van der Waals surface area contributed by atoms with E-state index < -0.39 is 30.6 Å². The Morgan fingerprint density at radius 1 is 1.20 bits per heavy atom. The van der Waals surface area contributed by atoms with Gasteiger partial charge >= 0.3 is 0 Å². The van der Waals surface area contributed by atoms with Crippen LogP contribution in [0, 0.1) is 0 Å². The fourth-order valence-corrected chi connectivity index (χ4v) is 4.31. The minimum absolute atomic E-state index is 0.111. The third kappa shape index (κ3) is 2.79. The van der Waals surface area contributed by atoms with E-state index in [9.17, 15) is 20.1 Å². The third-order valence-corrected chi connectivity index (χ3v) is 5.65. The Morgan fingerprint density at radius 2 is 1.96 bits per heavy atom. The molecule has 140 valence electrons. The van der Waals surface area contributed by atoms with E-state index in [4.69, 9.17) is 4.74 Å². The summed E-state index contributed by atoms with van der Waals surface area (Å²) in [7, 11) is 0. The molecule has 4 aliphatic rings. The van der Waals surface area contributed by atoms with Crippen LogP contribution < -0.4 is 5.32 Å². The van der Waals surface area contributed by atoms with Crippen molar-refractivity contribution < 1.29 is 24.9 Å². The average Bonchev–Trinajstić information content (AvgIpc) is 3.15. The molecule has 0 spiro atoms. The minimum atomic E-state index is -1.16. The van der Waals surface area contributed by atoms with Crippen LogP contribution in [0.5, 0.6) is 0 Å². The van der Waals surface area contributed by atoms with E-state index >= 15 is 0 Å². The van der Waals surface area contributed by atoms with E-state index in [0.717, 1.165) is 25.9 Å². The Kier molecular flexibility index (Phi) is 4.57. The second-order valence-corrected chi connectivity index (χ2v) is 7.20. The van der Waals surface area contributed by atoms with Crippen LogP contribution in [0.1, 0.15) is 25.7 Å². The maximum absolute atomic E-state index is 12.3. The number of likely N-dealkylation sites (tertiary alicyclic amines) is 1. The van der Waals surface area contributed by atoms with Crippen molar-refractivity contribution in [3.8, 4) is 0 Å². The molecule has 4 N–H and O–H groups in total. The molecule has 3 fully saturated rings. The SMILES string of the molecule is O=C1NCC[C@@H]2[C@@H]1N=C(N1CCCCC1)N2[C@@H]1O[C@H](CO)[C@H](O)[C@@H]1O. The summed E-state index contributed by atoms with van der Waals surface area (Å²) in [6.07, 6.45) is 0.0291. The van der Waals surface area contributed by atoms with Gasteiger partial charge in [0.1, 0.15) is 18.3 Å². The van der Waals surface area contributed by atoms with Gasteiger partial charge in [0, 0.05) is 19.6 Å². The maximum Gasteiger partial charge on any atom is 0.247 e. The molecule has 25 heavy (non-hydrogen) atoms. The first-order valence-corrected chi connectivity index (χ1v) is 9.13. The fourth-order valence-electron chi connectivity index (χ4n) is 4.31. The van der Waals surface area contributed by atoms with Gasteiger partial charge in [0.05, 0.1) is 12.6 Å². The van der Waals surface area contributed by atoms with Gasteiger partial charge in [-0.2, -0.15) is 0 Å². The second kappa shape index (κ2) is 6.71. The largest absolute Gasteiger partial charge is 0.394 e. The number of aliphatic hydroxyl groups excluding tert-OH is 3. The van der Waals surface area contributed by atoms with Crippen molar-refractivity contribution in [2.24, 2.45) is 4.99 Å². The number of nitrogens with one attached hydrogen (secondary N) is 1. The van der Waals surface area contributed by atoms with Crippen LogP contribution in [0.25, 0.3) is 0 Å². The van der Waals surface area contributed by atoms with Gasteiger partial charge < -0.3 is 35.2 Å². The van der Waals surface area contributed by atoms with Crippen LogP contribution in [-0.2, 0) is 9.53 Å². The van der Waals surface area contributed by atoms with Crippen LogP contribution in [-0.4, -0.2) is 99.9 Å². The summed E-state index contributed by atoms with van der Waals surface area (Å²) in [5, 5.41) is 32.9. The molecular weight excluding hydrogens is 328 g/mol. The van der Waals surface area contributed by atoms with Gasteiger partial charge in [-0.15, -0.1) is 0 Å². The number of hydrogen-bond donors (Lipinski definition) is 4. The van der Waals surface area contributed by atoms with Crippen molar-refractivity contribution in [1.29, 1.82) is 0 Å². The Morgan fingerprint density at radius 3 is 2.64 bits per heavy atom. The molecule has 9 nitrogen and oxygen atoms in total. The van der Waals surface area contributed by atoms with E-state index in [1.807, 2.05) is 4.90 Å². The molecule has 4 aliphatic heterocycles. The summed E-state index contributed by atoms with van der Waals surface area (Å²) in [6, 6.07) is -0.721. The van der Waals surface area contributed by atoms with E-state index in [-0.39, 0.29) is 18.6 Å². The lowest BCUT2D eigenvalue weighted by Gasteiger charge is -2.41. The predicted octanol–water partition coefficient (Wildman–Crippen LogP) is -2.16. The third-order valence-electron chi connectivity index (χ3n) is 5.65. The number of ether oxygens (including phenoxy) is 1. The highest BCUT2D eigenvalue weighted by Crippen LogP contribution is 2.34. The number of hydrogen-bond acceptors (Lipinski definition) is 8. The standard InChI is InChI=1S/C16H26N4O5/c21-8-10-12(22)13(23)15(25-10)20-9-4-5-17-14(24)11(9)18-16(20)19-6-2-1-3-7-19/h9-13,15,21-23H,1-8H2,(H,17,24)/t9-,10-,11+,12+,13+,15-/m1/s1. The normalized spacial score (nSPS) is 41.6. The predicted molar refractivity (Wildman–Crippen MR) is 87.7 cm³/mol. The molecule has 0 aromatic heterocycles. The number of nitrogens with zero attached hydrogens (tertiary/aromatic N) is 3. The number of aliphatic imine (C=N–C) groups is 1. The molecule has 0 bridgehead atoms. The molecule has 9 heteroatoms. The number of fused-ring (bicyclic) bond motifs is 1. The van der Waals surface area contributed by atoms with Gasteiger partial charge in [0.2, 0.25) is 5.91 Å². The molecule has 6 atom stereocenters. The lowest BCUT2D eigenvalue weighted by molar-refractivity contribution is -0.127. The highest BCUT2D eigenvalue weighted by molar-refractivity contribution is 5.92. The van der Waals surface area contributed by atoms with Crippen LogP contribution in [0.4, 0.5) is 0 Å². The first-order chi connectivity index (χ1) is 12.1. The van der Waals surface area contributed by atoms with E-state index in [1.165, 1.54) is 6.42 Å². The Hall–Kier alpha value is -1.42.